The molecule has 74 valence electrons. The van der Waals surface area contributed by atoms with Gasteiger partial charge in [0.2, 0.25) is 0 Å². The molecule has 6 heteroatoms. The van der Waals surface area contributed by atoms with Crippen LogP contribution in [0.3, 0.4) is 0 Å². The monoisotopic (exact) mass is 277 g/mol. The van der Waals surface area contributed by atoms with Gasteiger partial charge < -0.3 is 0 Å². The Kier molecular flexibility index (Phi) is 3.23. The van der Waals surface area contributed by atoms with Crippen LogP contribution < -0.4 is 0 Å². The molecule has 0 spiro atoms. The molecule has 0 aliphatic rings. The Balaban J connectivity index is 3.46. The van der Waals surface area contributed by atoms with E-state index in [-0.39, 0.29) is 22.1 Å². The highest BCUT2D eigenvalue weighted by Crippen LogP contribution is 2.30. The van der Waals surface area contributed by atoms with Crippen LogP contribution in [0.15, 0.2) is 16.6 Å². The number of rotatable bonds is 2. The van der Waals surface area contributed by atoms with Crippen molar-refractivity contribution in [2.24, 2.45) is 0 Å². The number of carbonyl (C=O) groups excluding carboxylic acids is 1. The molecule has 0 saturated heterocycles. The minimum atomic E-state index is -0.630. The lowest BCUT2D eigenvalue weighted by Crippen LogP contribution is -2.00. The predicted octanol–water partition coefficient (Wildman–Crippen LogP) is 3.21. The first kappa shape index (κ1) is 11.1. The number of halogens is 2. The van der Waals surface area contributed by atoms with Crippen molar-refractivity contribution in [3.8, 4) is 0 Å². The second kappa shape index (κ2) is 4.06. The van der Waals surface area contributed by atoms with Gasteiger partial charge in [-0.15, -0.1) is 0 Å². The zero-order valence-electron chi connectivity index (χ0n) is 7.08. The van der Waals surface area contributed by atoms with E-state index in [1.807, 2.05) is 0 Å². The molecule has 0 bridgehead atoms. The summed E-state index contributed by atoms with van der Waals surface area (Å²) in [7, 11) is 0. The van der Waals surface area contributed by atoms with Crippen molar-refractivity contribution in [1.82, 2.24) is 0 Å². The van der Waals surface area contributed by atoms with Crippen molar-refractivity contribution in [1.29, 1.82) is 0 Å². The molecule has 1 aromatic carbocycles. The minimum Gasteiger partial charge on any atom is -0.294 e. The highest BCUT2D eigenvalue weighted by Gasteiger charge is 2.19. The number of nitrogens with zero attached hydrogens (tertiary/aromatic N) is 1. The fourth-order valence-corrected chi connectivity index (χ4v) is 1.47. The second-order valence-corrected chi connectivity index (χ2v) is 3.86. The zero-order chi connectivity index (χ0) is 10.9. The van der Waals surface area contributed by atoms with Crippen molar-refractivity contribution in [2.45, 2.75) is 6.92 Å². The third-order valence-corrected chi connectivity index (χ3v) is 2.81. The topological polar surface area (TPSA) is 60.2 Å². The largest absolute Gasteiger partial charge is 0.294 e. The van der Waals surface area contributed by atoms with Crippen molar-refractivity contribution >= 4 is 39.0 Å². The van der Waals surface area contributed by atoms with Gasteiger partial charge in [-0.3, -0.25) is 14.9 Å². The summed E-state index contributed by atoms with van der Waals surface area (Å²) in [5.74, 6) is -0.367. The van der Waals surface area contributed by atoms with Gasteiger partial charge >= 0.3 is 0 Å². The van der Waals surface area contributed by atoms with Crippen molar-refractivity contribution < 1.29 is 9.72 Å². The van der Waals surface area contributed by atoms with E-state index in [4.69, 9.17) is 11.6 Å². The Bertz CT molecular complexity index is 380. The number of nitro benzene ring substituents is 1. The molecule has 0 aromatic heterocycles. The van der Waals surface area contributed by atoms with Crippen LogP contribution in [-0.4, -0.2) is 10.7 Å². The van der Waals surface area contributed by atoms with Crippen LogP contribution in [0.4, 0.5) is 5.69 Å². The minimum absolute atomic E-state index is 0.0475. The van der Waals surface area contributed by atoms with Crippen LogP contribution in [0.5, 0.6) is 0 Å². The molecule has 0 aliphatic carbocycles. The molecule has 0 saturated carbocycles. The summed E-state index contributed by atoms with van der Waals surface area (Å²) in [6, 6.07) is 2.51. The van der Waals surface area contributed by atoms with E-state index in [1.54, 1.807) is 0 Å². The predicted molar refractivity (Wildman–Crippen MR) is 55.8 cm³/mol. The van der Waals surface area contributed by atoms with Crippen LogP contribution in [-0.2, 0) is 0 Å². The van der Waals surface area contributed by atoms with Gasteiger partial charge in [0.1, 0.15) is 0 Å². The zero-order valence-corrected chi connectivity index (χ0v) is 9.42. The van der Waals surface area contributed by atoms with Gasteiger partial charge in [-0.2, -0.15) is 0 Å². The summed E-state index contributed by atoms with van der Waals surface area (Å²) < 4.78 is 0.468. The first-order chi connectivity index (χ1) is 6.43. The molecule has 0 aliphatic heterocycles. The molecule has 4 nitrogen and oxygen atoms in total. The Morgan fingerprint density at radius 2 is 2.14 bits per heavy atom. The van der Waals surface area contributed by atoms with E-state index in [2.05, 4.69) is 15.9 Å². The molecule has 0 radical (unpaired) electrons. The van der Waals surface area contributed by atoms with Gasteiger partial charge in [0.05, 0.1) is 15.5 Å². The van der Waals surface area contributed by atoms with Crippen LogP contribution in [0.2, 0.25) is 5.02 Å². The van der Waals surface area contributed by atoms with E-state index in [9.17, 15) is 14.9 Å². The number of carbonyl (C=O) groups is 1. The second-order valence-electron chi connectivity index (χ2n) is 2.60. The number of nitro groups is 1. The summed E-state index contributed by atoms with van der Waals surface area (Å²) in [6.07, 6.45) is 0. The number of benzene rings is 1. The fraction of sp³-hybridized carbons (Fsp3) is 0.125. The summed E-state index contributed by atoms with van der Waals surface area (Å²) in [4.78, 5) is 21.0. The van der Waals surface area contributed by atoms with Gasteiger partial charge in [-0.25, -0.2) is 0 Å². The highest BCUT2D eigenvalue weighted by molar-refractivity contribution is 9.10. The Morgan fingerprint density at radius 1 is 1.57 bits per heavy atom. The molecule has 1 aromatic rings. The summed E-state index contributed by atoms with van der Waals surface area (Å²) in [6.45, 7) is 1.27. The van der Waals surface area contributed by atoms with E-state index >= 15 is 0 Å². The maximum absolute atomic E-state index is 11.1. The van der Waals surface area contributed by atoms with Gasteiger partial charge in [0.25, 0.3) is 5.69 Å². The van der Waals surface area contributed by atoms with Gasteiger partial charge in [0.15, 0.2) is 5.78 Å². The Labute approximate surface area is 93.1 Å². The van der Waals surface area contributed by atoms with E-state index in [1.165, 1.54) is 13.0 Å². The number of ketones is 1. The SMILES string of the molecule is CC(=O)c1cc(Br)c(Cl)cc1[N+](=O)[O-]. The van der Waals surface area contributed by atoms with Crippen molar-refractivity contribution in [2.75, 3.05) is 0 Å². The normalized spacial score (nSPS) is 9.93. The molecule has 0 unspecified atom stereocenters. The molecule has 0 atom stereocenters. The standard InChI is InChI=1S/C8H5BrClNO3/c1-4(12)5-2-6(9)7(10)3-8(5)11(13)14/h2-3H,1H3. The molecule has 14 heavy (non-hydrogen) atoms. The third-order valence-electron chi connectivity index (χ3n) is 1.61. The Hall–Kier alpha value is -0.940. The average molecular weight is 278 g/mol. The summed E-state index contributed by atoms with van der Waals surface area (Å²) in [5.41, 5.74) is -0.225. The smallest absolute Gasteiger partial charge is 0.281 e. The van der Waals surface area contributed by atoms with E-state index in [0.717, 1.165) is 6.07 Å². The van der Waals surface area contributed by atoms with Gasteiger partial charge in [-0.1, -0.05) is 11.6 Å². The van der Waals surface area contributed by atoms with Crippen molar-refractivity contribution in [3.05, 3.63) is 37.3 Å². The molecule has 0 amide bonds. The fourth-order valence-electron chi connectivity index (χ4n) is 0.969. The molecular weight excluding hydrogens is 273 g/mol. The quantitative estimate of drug-likeness (QED) is 0.474. The maximum Gasteiger partial charge on any atom is 0.281 e. The number of hydrogen-bond donors (Lipinski definition) is 0. The third kappa shape index (κ3) is 2.10. The van der Waals surface area contributed by atoms with Crippen molar-refractivity contribution in [3.63, 3.8) is 0 Å². The van der Waals surface area contributed by atoms with Gasteiger partial charge in [0, 0.05) is 10.5 Å². The van der Waals surface area contributed by atoms with Crippen LogP contribution in [0.25, 0.3) is 0 Å². The highest BCUT2D eigenvalue weighted by atomic mass is 79.9. The lowest BCUT2D eigenvalue weighted by atomic mass is 10.1. The molecule has 0 N–H and O–H groups in total. The van der Waals surface area contributed by atoms with Crippen LogP contribution in [0, 0.1) is 10.1 Å². The van der Waals surface area contributed by atoms with Gasteiger partial charge in [-0.05, 0) is 28.9 Å². The average Bonchev–Trinajstić information content (AvgIpc) is 2.08. The molecular formula is C8H5BrClNO3. The lowest BCUT2D eigenvalue weighted by Gasteiger charge is -2.01. The van der Waals surface area contributed by atoms with E-state index < -0.39 is 4.92 Å². The summed E-state index contributed by atoms with van der Waals surface area (Å²) >= 11 is 8.76. The summed E-state index contributed by atoms with van der Waals surface area (Å²) in [5, 5.41) is 10.8. The first-order valence-electron chi connectivity index (χ1n) is 3.58. The first-order valence-corrected chi connectivity index (χ1v) is 4.75. The van der Waals surface area contributed by atoms with Crippen LogP contribution in [0.1, 0.15) is 17.3 Å². The molecule has 0 fully saturated rings. The lowest BCUT2D eigenvalue weighted by molar-refractivity contribution is -0.385. The molecule has 0 heterocycles. The van der Waals surface area contributed by atoms with E-state index in [0.29, 0.717) is 4.47 Å². The number of Topliss-reactive ketones (excluding diaryl/α,β-unsaturated/α-hetero) is 1. The van der Waals surface area contributed by atoms with Crippen LogP contribution >= 0.6 is 27.5 Å². The maximum atomic E-state index is 11.1. The Morgan fingerprint density at radius 3 is 2.57 bits per heavy atom. The number of hydrogen-bond acceptors (Lipinski definition) is 3. The molecule has 1 rings (SSSR count).